The number of nitrogens with two attached hydrogens (primary N) is 1. The van der Waals surface area contributed by atoms with Gasteiger partial charge in [0, 0.05) is 22.4 Å². The fourth-order valence-corrected chi connectivity index (χ4v) is 5.53. The minimum Gasteiger partial charge on any atom is -0.493 e. The highest BCUT2D eigenvalue weighted by molar-refractivity contribution is 7.13. The topological polar surface area (TPSA) is 106 Å². The van der Waals surface area contributed by atoms with Crippen LogP contribution in [-0.2, 0) is 19.1 Å². The van der Waals surface area contributed by atoms with E-state index in [2.05, 4.69) is 15.2 Å². The van der Waals surface area contributed by atoms with Crippen molar-refractivity contribution in [2.24, 2.45) is 10.2 Å². The highest BCUT2D eigenvalue weighted by atomic mass is 35.5. The van der Waals surface area contributed by atoms with Crippen LogP contribution in [-0.4, -0.2) is 20.9 Å². The molecule has 0 radical (unpaired) electrons. The highest BCUT2D eigenvalue weighted by Crippen LogP contribution is 2.37. The Morgan fingerprint density at radius 2 is 2.00 bits per heavy atom. The lowest BCUT2D eigenvalue weighted by Crippen LogP contribution is -2.17. The minimum atomic E-state index is -4.65. The molecule has 0 fully saturated rings. The molecule has 1 aliphatic heterocycles. The zero-order valence-corrected chi connectivity index (χ0v) is 20.5. The summed E-state index contributed by atoms with van der Waals surface area (Å²) < 4.78 is 42.6. The molecule has 0 unspecified atom stereocenters. The zero-order chi connectivity index (χ0) is 25.6. The van der Waals surface area contributed by atoms with Crippen LogP contribution in [0, 0.1) is 0 Å². The number of nitrogen functional groups attached to an aromatic ring is 1. The molecule has 0 amide bonds. The molecule has 0 saturated carbocycles. The summed E-state index contributed by atoms with van der Waals surface area (Å²) >= 11 is 7.79. The van der Waals surface area contributed by atoms with Gasteiger partial charge in [0.2, 0.25) is 5.88 Å². The van der Waals surface area contributed by atoms with E-state index in [-0.39, 0.29) is 34.3 Å². The molecule has 7 nitrogen and oxygen atoms in total. The van der Waals surface area contributed by atoms with Gasteiger partial charge in [-0.05, 0) is 40.6 Å². The Kier molecular flexibility index (Phi) is 6.18. The average molecular weight is 550 g/mol. The summed E-state index contributed by atoms with van der Waals surface area (Å²) in [6, 6.07) is 8.60. The van der Waals surface area contributed by atoms with Gasteiger partial charge >= 0.3 is 11.0 Å². The lowest BCUT2D eigenvalue weighted by Gasteiger charge is -2.15. The fraction of sp³-hybridized carbons (Fsp3) is 0.130. The molecule has 13 heteroatoms. The highest BCUT2D eigenvalue weighted by Gasteiger charge is 2.34. The second-order valence-corrected chi connectivity index (χ2v) is 10.1. The number of aromatic hydroxyl groups is 1. The normalized spacial score (nSPS) is 13.6. The van der Waals surface area contributed by atoms with Gasteiger partial charge in [0.05, 0.1) is 34.3 Å². The summed E-state index contributed by atoms with van der Waals surface area (Å²) in [5.41, 5.74) is 6.20. The first-order chi connectivity index (χ1) is 17.1. The van der Waals surface area contributed by atoms with Crippen molar-refractivity contribution in [2.75, 3.05) is 5.73 Å². The van der Waals surface area contributed by atoms with Crippen LogP contribution in [0.3, 0.4) is 0 Å². The Hall–Kier alpha value is -3.48. The van der Waals surface area contributed by atoms with Gasteiger partial charge in [-0.3, -0.25) is 9.36 Å². The van der Waals surface area contributed by atoms with Crippen LogP contribution in [0.1, 0.15) is 27.3 Å². The SMILES string of the molecule is Nc1nc(Cn2c(O)c(C(Cc3ccc(Cl)cc3C(F)(F)F)=c3ccc4c(c3)C=NN=4)sc2=O)cs1. The van der Waals surface area contributed by atoms with Crippen molar-refractivity contribution < 1.29 is 18.3 Å². The van der Waals surface area contributed by atoms with Crippen molar-refractivity contribution in [1.82, 2.24) is 9.55 Å². The lowest BCUT2D eigenvalue weighted by molar-refractivity contribution is -0.138. The standard InChI is InChI=1S/C23H15ClF3N5O2S2/c24-14-3-1-12(17(7-14)23(25,26)27)6-16(11-2-4-18-13(5-11)8-29-31-18)19-20(33)32(22(34)36-19)9-15-10-35-21(28)30-15/h1-5,7-8,10,33H,6,9H2,(H2,28,30). The number of thiazole rings is 2. The van der Waals surface area contributed by atoms with Crippen molar-refractivity contribution >= 4 is 51.2 Å². The van der Waals surface area contributed by atoms with Gasteiger partial charge in [-0.1, -0.05) is 35.1 Å². The summed E-state index contributed by atoms with van der Waals surface area (Å²) in [6.45, 7) is -0.0351. The smallest absolute Gasteiger partial charge is 0.416 e. The van der Waals surface area contributed by atoms with E-state index in [1.54, 1.807) is 23.6 Å². The first-order valence-electron chi connectivity index (χ1n) is 10.3. The Bertz CT molecular complexity index is 1710. The van der Waals surface area contributed by atoms with Crippen LogP contribution in [0.15, 0.2) is 56.8 Å². The third kappa shape index (κ3) is 4.66. The summed E-state index contributed by atoms with van der Waals surface area (Å²) in [5, 5.41) is 21.9. The van der Waals surface area contributed by atoms with Crippen LogP contribution in [0.2, 0.25) is 5.02 Å². The van der Waals surface area contributed by atoms with Gasteiger partial charge in [-0.25, -0.2) is 4.98 Å². The first-order valence-corrected chi connectivity index (χ1v) is 12.4. The van der Waals surface area contributed by atoms with E-state index in [4.69, 9.17) is 17.3 Å². The molecule has 0 aliphatic carbocycles. The molecule has 3 heterocycles. The number of anilines is 1. The molecule has 2 aromatic carbocycles. The molecule has 3 N–H and O–H groups in total. The molecule has 1 aliphatic rings. The average Bonchev–Trinajstić information content (AvgIpc) is 3.53. The molecule has 5 rings (SSSR count). The number of hydrogen-bond acceptors (Lipinski definition) is 8. The van der Waals surface area contributed by atoms with Crippen LogP contribution in [0.4, 0.5) is 18.3 Å². The quantitative estimate of drug-likeness (QED) is 0.395. The largest absolute Gasteiger partial charge is 0.493 e. The number of halogens is 4. The van der Waals surface area contributed by atoms with Crippen molar-refractivity contribution in [1.29, 1.82) is 0 Å². The van der Waals surface area contributed by atoms with E-state index in [0.29, 0.717) is 32.5 Å². The van der Waals surface area contributed by atoms with Crippen LogP contribution in [0.25, 0.3) is 5.57 Å². The minimum absolute atomic E-state index is 0.0351. The van der Waals surface area contributed by atoms with Crippen molar-refractivity contribution in [3.63, 3.8) is 0 Å². The van der Waals surface area contributed by atoms with E-state index < -0.39 is 16.6 Å². The molecule has 0 bridgehead atoms. The number of fused-ring (bicyclic) bond motifs is 1. The lowest BCUT2D eigenvalue weighted by atomic mass is 9.96. The maximum Gasteiger partial charge on any atom is 0.416 e. The number of aromatic nitrogens is 2. The Morgan fingerprint density at radius 3 is 2.72 bits per heavy atom. The summed E-state index contributed by atoms with van der Waals surface area (Å²) in [5.74, 6) is -0.368. The maximum atomic E-state index is 13.8. The molecule has 0 spiro atoms. The first kappa shape index (κ1) is 24.2. The number of alkyl halides is 3. The van der Waals surface area contributed by atoms with Gasteiger partial charge in [0.25, 0.3) is 0 Å². The Balaban J connectivity index is 1.70. The summed E-state index contributed by atoms with van der Waals surface area (Å²) in [6.07, 6.45) is -3.35. The second kappa shape index (κ2) is 9.19. The van der Waals surface area contributed by atoms with Crippen molar-refractivity contribution in [3.8, 4) is 5.88 Å². The van der Waals surface area contributed by atoms with Crippen LogP contribution in [0.5, 0.6) is 5.88 Å². The summed E-state index contributed by atoms with van der Waals surface area (Å²) in [4.78, 5) is 16.6. The molecule has 2 aromatic heterocycles. The van der Waals surface area contributed by atoms with E-state index in [9.17, 15) is 23.1 Å². The summed E-state index contributed by atoms with van der Waals surface area (Å²) in [7, 11) is 0. The maximum absolute atomic E-state index is 13.8. The van der Waals surface area contributed by atoms with Gasteiger partial charge in [-0.15, -0.1) is 11.3 Å². The number of benzene rings is 2. The van der Waals surface area contributed by atoms with Crippen LogP contribution >= 0.6 is 34.3 Å². The molecular weight excluding hydrogens is 535 g/mol. The van der Waals surface area contributed by atoms with Gasteiger partial charge in [-0.2, -0.15) is 23.4 Å². The Morgan fingerprint density at radius 1 is 1.19 bits per heavy atom. The monoisotopic (exact) mass is 549 g/mol. The molecule has 0 atom stereocenters. The number of rotatable bonds is 5. The van der Waals surface area contributed by atoms with Gasteiger partial charge in [0.1, 0.15) is 0 Å². The second-order valence-electron chi connectivity index (χ2n) is 7.86. The third-order valence-electron chi connectivity index (χ3n) is 5.52. The molecule has 184 valence electrons. The number of hydrogen-bond donors (Lipinski definition) is 2. The third-order valence-corrected chi connectivity index (χ3v) is 7.50. The zero-order valence-electron chi connectivity index (χ0n) is 18.1. The van der Waals surface area contributed by atoms with E-state index >= 15 is 0 Å². The van der Waals surface area contributed by atoms with Crippen molar-refractivity contribution in [3.05, 3.63) is 94.3 Å². The van der Waals surface area contributed by atoms with E-state index in [0.717, 1.165) is 22.0 Å². The van der Waals surface area contributed by atoms with E-state index in [1.165, 1.54) is 29.7 Å². The molecule has 4 aromatic rings. The number of nitrogens with zero attached hydrogens (tertiary/aromatic N) is 4. The van der Waals surface area contributed by atoms with Gasteiger partial charge in [0.15, 0.2) is 5.13 Å². The van der Waals surface area contributed by atoms with Crippen molar-refractivity contribution in [2.45, 2.75) is 19.1 Å². The molecular formula is C23H15ClF3N5O2S2. The molecule has 0 saturated heterocycles. The van der Waals surface area contributed by atoms with E-state index in [1.807, 2.05) is 0 Å². The predicted molar refractivity (Wildman–Crippen MR) is 133 cm³/mol. The fourth-order valence-electron chi connectivity index (χ4n) is 3.85. The Labute approximate surface area is 214 Å². The molecule has 36 heavy (non-hydrogen) atoms. The predicted octanol–water partition coefficient (Wildman–Crippen LogP) is 3.78. The van der Waals surface area contributed by atoms with Crippen LogP contribution < -0.4 is 21.2 Å². The van der Waals surface area contributed by atoms with Gasteiger partial charge < -0.3 is 10.8 Å².